The predicted octanol–water partition coefficient (Wildman–Crippen LogP) is 2.00. The highest BCUT2D eigenvalue weighted by Gasteiger charge is 2.20. The number of hydrogen-bond acceptors (Lipinski definition) is 3. The quantitative estimate of drug-likeness (QED) is 0.769. The fraction of sp³-hybridized carbons (Fsp3) is 0.455. The molecule has 0 spiro atoms. The molecule has 0 amide bonds. The average molecular weight is 222 g/mol. The van der Waals surface area contributed by atoms with E-state index in [2.05, 4.69) is 4.98 Å². The van der Waals surface area contributed by atoms with Crippen LogP contribution in [0.15, 0.2) is 18.3 Å². The van der Waals surface area contributed by atoms with Gasteiger partial charge in [-0.25, -0.2) is 4.98 Å². The third-order valence-corrected chi connectivity index (χ3v) is 3.91. The van der Waals surface area contributed by atoms with Crippen LogP contribution >= 0.6 is 0 Å². The Balaban J connectivity index is 2.92. The molecule has 0 radical (unpaired) electrons. The Hall–Kier alpha value is -1.21. The highest BCUT2D eigenvalue weighted by atomic mass is 32.2. The summed E-state index contributed by atoms with van der Waals surface area (Å²) >= 11 is 0. The Morgan fingerprint density at radius 3 is 2.73 bits per heavy atom. The van der Waals surface area contributed by atoms with E-state index in [0.29, 0.717) is 11.4 Å². The number of nitrogens with zero attached hydrogens (tertiary/aromatic N) is 2. The SMILES string of the molecule is CC(C)(C)S(=O)Cc1cccnc1C#N. The summed E-state index contributed by atoms with van der Waals surface area (Å²) in [6.45, 7) is 5.77. The third kappa shape index (κ3) is 3.14. The van der Waals surface area contributed by atoms with E-state index in [9.17, 15) is 4.21 Å². The van der Waals surface area contributed by atoms with Gasteiger partial charge in [0.1, 0.15) is 11.8 Å². The Morgan fingerprint density at radius 2 is 2.20 bits per heavy atom. The van der Waals surface area contributed by atoms with Crippen LogP contribution in [0.4, 0.5) is 0 Å². The molecule has 80 valence electrons. The van der Waals surface area contributed by atoms with Gasteiger partial charge in [0.15, 0.2) is 0 Å². The molecule has 0 aliphatic heterocycles. The predicted molar refractivity (Wildman–Crippen MR) is 60.6 cm³/mol. The first-order valence-electron chi connectivity index (χ1n) is 4.67. The zero-order valence-electron chi connectivity index (χ0n) is 9.15. The first-order chi connectivity index (χ1) is 6.95. The molecular weight excluding hydrogens is 208 g/mol. The van der Waals surface area contributed by atoms with Crippen molar-refractivity contribution >= 4 is 10.8 Å². The van der Waals surface area contributed by atoms with Gasteiger partial charge >= 0.3 is 0 Å². The fourth-order valence-electron chi connectivity index (χ4n) is 1.01. The van der Waals surface area contributed by atoms with Crippen molar-refractivity contribution in [1.82, 2.24) is 4.98 Å². The van der Waals surface area contributed by atoms with Gasteiger partial charge in [0.05, 0.1) is 5.75 Å². The molecule has 1 unspecified atom stereocenters. The number of rotatable bonds is 2. The van der Waals surface area contributed by atoms with Crippen LogP contribution in [0.2, 0.25) is 0 Å². The van der Waals surface area contributed by atoms with E-state index >= 15 is 0 Å². The summed E-state index contributed by atoms with van der Waals surface area (Å²) in [4.78, 5) is 3.94. The molecule has 15 heavy (non-hydrogen) atoms. The van der Waals surface area contributed by atoms with Crippen molar-refractivity contribution in [2.24, 2.45) is 0 Å². The second-order valence-corrected chi connectivity index (χ2v) is 6.43. The lowest BCUT2D eigenvalue weighted by atomic mass is 10.2. The standard InChI is InChI=1S/C11H14N2OS/c1-11(2,3)15(14)8-9-5-4-6-13-10(9)7-12/h4-6H,8H2,1-3H3. The van der Waals surface area contributed by atoms with E-state index in [4.69, 9.17) is 5.26 Å². The smallest absolute Gasteiger partial charge is 0.144 e. The second kappa shape index (κ2) is 4.54. The molecule has 0 N–H and O–H groups in total. The van der Waals surface area contributed by atoms with Gasteiger partial charge in [0, 0.05) is 27.3 Å². The van der Waals surface area contributed by atoms with E-state index in [1.165, 1.54) is 0 Å². The van der Waals surface area contributed by atoms with Crippen LogP contribution in [0.5, 0.6) is 0 Å². The number of aromatic nitrogens is 1. The molecule has 1 aromatic heterocycles. The number of pyridine rings is 1. The summed E-state index contributed by atoms with van der Waals surface area (Å²) in [6.07, 6.45) is 1.57. The van der Waals surface area contributed by atoms with Gasteiger partial charge in [-0.1, -0.05) is 6.07 Å². The van der Waals surface area contributed by atoms with Crippen LogP contribution in [0.25, 0.3) is 0 Å². The lowest BCUT2D eigenvalue weighted by Gasteiger charge is -2.17. The van der Waals surface area contributed by atoms with Crippen LogP contribution in [0, 0.1) is 11.3 Å². The summed E-state index contributed by atoms with van der Waals surface area (Å²) in [7, 11) is -0.991. The molecule has 1 heterocycles. The Labute approximate surface area is 92.6 Å². The molecule has 0 saturated heterocycles. The second-order valence-electron chi connectivity index (χ2n) is 4.23. The van der Waals surface area contributed by atoms with Crippen molar-refractivity contribution in [2.75, 3.05) is 0 Å². The highest BCUT2D eigenvalue weighted by Crippen LogP contribution is 2.17. The topological polar surface area (TPSA) is 53.8 Å². The van der Waals surface area contributed by atoms with Crippen molar-refractivity contribution in [3.8, 4) is 6.07 Å². The maximum atomic E-state index is 11.9. The lowest BCUT2D eigenvalue weighted by Crippen LogP contribution is -2.23. The molecule has 1 rings (SSSR count). The van der Waals surface area contributed by atoms with Crippen LogP contribution in [-0.2, 0) is 16.6 Å². The summed E-state index contributed by atoms with van der Waals surface area (Å²) in [5.41, 5.74) is 1.13. The van der Waals surface area contributed by atoms with Gasteiger partial charge in [-0.2, -0.15) is 5.26 Å². The maximum Gasteiger partial charge on any atom is 0.144 e. The molecule has 0 saturated carbocycles. The van der Waals surface area contributed by atoms with Gasteiger partial charge < -0.3 is 0 Å². The largest absolute Gasteiger partial charge is 0.259 e. The normalized spacial score (nSPS) is 13.2. The summed E-state index contributed by atoms with van der Waals surface area (Å²) in [6, 6.07) is 5.57. The van der Waals surface area contributed by atoms with E-state index < -0.39 is 10.8 Å². The minimum absolute atomic E-state index is 0.261. The number of hydrogen-bond donors (Lipinski definition) is 0. The minimum atomic E-state index is -0.991. The zero-order chi connectivity index (χ0) is 11.5. The lowest BCUT2D eigenvalue weighted by molar-refractivity contribution is 0.648. The van der Waals surface area contributed by atoms with Crippen LogP contribution in [0.1, 0.15) is 32.0 Å². The van der Waals surface area contributed by atoms with E-state index in [1.54, 1.807) is 18.3 Å². The van der Waals surface area contributed by atoms with Gasteiger partial charge in [0.25, 0.3) is 0 Å². The van der Waals surface area contributed by atoms with Crippen molar-refractivity contribution in [3.05, 3.63) is 29.6 Å². The minimum Gasteiger partial charge on any atom is -0.259 e. The molecule has 1 atom stereocenters. The van der Waals surface area contributed by atoms with Gasteiger partial charge in [-0.3, -0.25) is 4.21 Å². The maximum absolute atomic E-state index is 11.9. The van der Waals surface area contributed by atoms with E-state index in [-0.39, 0.29) is 4.75 Å². The molecule has 0 aliphatic rings. The first-order valence-corrected chi connectivity index (χ1v) is 5.99. The number of nitriles is 1. The molecular formula is C11H14N2OS. The molecule has 4 heteroatoms. The monoisotopic (exact) mass is 222 g/mol. The Bertz CT molecular complexity index is 415. The molecule has 1 aromatic rings. The summed E-state index contributed by atoms with van der Waals surface area (Å²) in [5, 5.41) is 8.82. The molecule has 0 bridgehead atoms. The van der Waals surface area contributed by atoms with Crippen LogP contribution in [0.3, 0.4) is 0 Å². The molecule has 0 fully saturated rings. The Morgan fingerprint density at radius 1 is 1.53 bits per heavy atom. The highest BCUT2D eigenvalue weighted by molar-refractivity contribution is 7.85. The van der Waals surface area contributed by atoms with E-state index in [1.807, 2.05) is 26.8 Å². The van der Waals surface area contributed by atoms with Gasteiger partial charge in [-0.05, 0) is 26.8 Å². The zero-order valence-corrected chi connectivity index (χ0v) is 9.97. The third-order valence-electron chi connectivity index (χ3n) is 1.97. The summed E-state index contributed by atoms with van der Waals surface area (Å²) < 4.78 is 11.6. The van der Waals surface area contributed by atoms with E-state index in [0.717, 1.165) is 5.56 Å². The van der Waals surface area contributed by atoms with Crippen molar-refractivity contribution in [2.45, 2.75) is 31.3 Å². The fourth-order valence-corrected chi connectivity index (χ4v) is 1.96. The first kappa shape index (κ1) is 11.9. The van der Waals surface area contributed by atoms with Gasteiger partial charge in [0.2, 0.25) is 0 Å². The van der Waals surface area contributed by atoms with Crippen molar-refractivity contribution < 1.29 is 4.21 Å². The molecule has 3 nitrogen and oxygen atoms in total. The molecule has 0 aromatic carbocycles. The molecule has 0 aliphatic carbocycles. The average Bonchev–Trinajstić information content (AvgIpc) is 2.17. The van der Waals surface area contributed by atoms with Crippen LogP contribution < -0.4 is 0 Å². The van der Waals surface area contributed by atoms with Crippen LogP contribution in [-0.4, -0.2) is 13.9 Å². The van der Waals surface area contributed by atoms with Crippen molar-refractivity contribution in [3.63, 3.8) is 0 Å². The van der Waals surface area contributed by atoms with Crippen molar-refractivity contribution in [1.29, 1.82) is 5.26 Å². The Kier molecular flexibility index (Phi) is 3.59. The summed E-state index contributed by atoms with van der Waals surface area (Å²) in [5.74, 6) is 0.389. The van der Waals surface area contributed by atoms with Gasteiger partial charge in [-0.15, -0.1) is 0 Å².